The summed E-state index contributed by atoms with van der Waals surface area (Å²) in [4.78, 5) is 27.8. The molecule has 2 amide bonds. The van der Waals surface area contributed by atoms with Crippen molar-refractivity contribution in [2.75, 3.05) is 20.1 Å². The molecule has 0 aliphatic carbocycles. The molecular weight excluding hydrogens is 438 g/mol. The standard InChI is InChI=1S/C25H35N3O4S/c1-5-23(25(30)26-6-2)28(19-21-14-11-10-13-20(21)3)24(29)17-12-18-27(4)33(31,32)22-15-8-7-9-16-22/h7-11,13-16,23H,5-6,12,17-19H2,1-4H3,(H,26,30). The zero-order chi connectivity index (χ0) is 24.4. The van der Waals surface area contributed by atoms with E-state index >= 15 is 0 Å². The van der Waals surface area contributed by atoms with Gasteiger partial charge in [0, 0.05) is 33.1 Å². The average molecular weight is 474 g/mol. The topological polar surface area (TPSA) is 86.8 Å². The van der Waals surface area contributed by atoms with E-state index in [4.69, 9.17) is 0 Å². The van der Waals surface area contributed by atoms with Crippen LogP contribution in [0.1, 0.15) is 44.2 Å². The van der Waals surface area contributed by atoms with Crippen LogP contribution in [-0.4, -0.2) is 55.6 Å². The van der Waals surface area contributed by atoms with E-state index in [9.17, 15) is 18.0 Å². The van der Waals surface area contributed by atoms with Gasteiger partial charge in [-0.15, -0.1) is 0 Å². The Morgan fingerprint density at radius 2 is 1.64 bits per heavy atom. The molecule has 0 radical (unpaired) electrons. The van der Waals surface area contributed by atoms with Gasteiger partial charge < -0.3 is 10.2 Å². The Balaban J connectivity index is 2.12. The van der Waals surface area contributed by atoms with Crippen molar-refractivity contribution in [3.8, 4) is 0 Å². The number of carbonyl (C=O) groups is 2. The van der Waals surface area contributed by atoms with Gasteiger partial charge in [-0.2, -0.15) is 0 Å². The van der Waals surface area contributed by atoms with Crippen LogP contribution in [0.2, 0.25) is 0 Å². The summed E-state index contributed by atoms with van der Waals surface area (Å²) in [5.41, 5.74) is 2.03. The summed E-state index contributed by atoms with van der Waals surface area (Å²) >= 11 is 0. The number of benzene rings is 2. The minimum absolute atomic E-state index is 0.149. The highest BCUT2D eigenvalue weighted by molar-refractivity contribution is 7.89. The Morgan fingerprint density at radius 3 is 2.24 bits per heavy atom. The molecule has 0 fully saturated rings. The molecule has 1 atom stereocenters. The quantitative estimate of drug-likeness (QED) is 0.512. The highest BCUT2D eigenvalue weighted by Gasteiger charge is 2.29. The molecule has 2 aromatic carbocycles. The van der Waals surface area contributed by atoms with Crippen LogP contribution in [0.15, 0.2) is 59.5 Å². The van der Waals surface area contributed by atoms with E-state index < -0.39 is 16.1 Å². The van der Waals surface area contributed by atoms with Crippen molar-refractivity contribution < 1.29 is 18.0 Å². The van der Waals surface area contributed by atoms with Crippen LogP contribution < -0.4 is 5.32 Å². The molecule has 1 unspecified atom stereocenters. The zero-order valence-electron chi connectivity index (χ0n) is 20.0. The van der Waals surface area contributed by atoms with Crippen molar-refractivity contribution in [2.24, 2.45) is 0 Å². The normalized spacial score (nSPS) is 12.4. The predicted molar refractivity (Wildman–Crippen MR) is 130 cm³/mol. The van der Waals surface area contributed by atoms with Gasteiger partial charge in [-0.05, 0) is 49.9 Å². The summed E-state index contributed by atoms with van der Waals surface area (Å²) in [6, 6.07) is 15.4. The maximum atomic E-state index is 13.2. The maximum absolute atomic E-state index is 13.2. The van der Waals surface area contributed by atoms with Crippen LogP contribution in [0.5, 0.6) is 0 Å². The number of likely N-dealkylation sites (N-methyl/N-ethyl adjacent to an activating group) is 1. The fourth-order valence-corrected chi connectivity index (χ4v) is 4.90. The van der Waals surface area contributed by atoms with E-state index in [2.05, 4.69) is 5.32 Å². The molecule has 2 aromatic rings. The molecule has 0 heterocycles. The Bertz CT molecular complexity index is 1020. The van der Waals surface area contributed by atoms with Crippen molar-refractivity contribution in [3.63, 3.8) is 0 Å². The second kappa shape index (κ2) is 12.5. The molecule has 2 rings (SSSR count). The van der Waals surface area contributed by atoms with Crippen LogP contribution >= 0.6 is 0 Å². The Kier molecular flexibility index (Phi) is 10.1. The molecule has 0 spiro atoms. The number of nitrogens with one attached hydrogen (secondary N) is 1. The van der Waals surface area contributed by atoms with E-state index in [1.807, 2.05) is 45.0 Å². The Morgan fingerprint density at radius 1 is 1.00 bits per heavy atom. The molecule has 33 heavy (non-hydrogen) atoms. The number of hydrogen-bond acceptors (Lipinski definition) is 4. The summed E-state index contributed by atoms with van der Waals surface area (Å²) in [5.74, 6) is -0.340. The van der Waals surface area contributed by atoms with Gasteiger partial charge in [0.15, 0.2) is 0 Å². The number of rotatable bonds is 12. The maximum Gasteiger partial charge on any atom is 0.242 e. The largest absolute Gasteiger partial charge is 0.355 e. The first-order chi connectivity index (χ1) is 15.7. The summed E-state index contributed by atoms with van der Waals surface area (Å²) in [7, 11) is -2.09. The van der Waals surface area contributed by atoms with Crippen LogP contribution in [0.25, 0.3) is 0 Å². The second-order valence-corrected chi connectivity index (χ2v) is 10.1. The first-order valence-corrected chi connectivity index (χ1v) is 12.8. The summed E-state index contributed by atoms with van der Waals surface area (Å²) in [6.07, 6.45) is 1.000. The first kappa shape index (κ1) is 26.5. The smallest absolute Gasteiger partial charge is 0.242 e. The molecule has 8 heteroatoms. The first-order valence-electron chi connectivity index (χ1n) is 11.3. The SMILES string of the molecule is CCNC(=O)C(CC)N(Cc1ccccc1C)C(=O)CCCN(C)S(=O)(=O)c1ccccc1. The number of nitrogens with zero attached hydrogens (tertiary/aromatic N) is 2. The van der Waals surface area contributed by atoms with Gasteiger partial charge in [-0.1, -0.05) is 49.4 Å². The number of sulfonamides is 1. The third kappa shape index (κ3) is 7.14. The molecule has 0 aliphatic heterocycles. The van der Waals surface area contributed by atoms with Crippen LogP contribution in [0.4, 0.5) is 0 Å². The fourth-order valence-electron chi connectivity index (χ4n) is 3.67. The van der Waals surface area contributed by atoms with E-state index in [0.717, 1.165) is 11.1 Å². The minimum atomic E-state index is -3.61. The van der Waals surface area contributed by atoms with Crippen molar-refractivity contribution in [1.29, 1.82) is 0 Å². The van der Waals surface area contributed by atoms with Gasteiger partial charge in [0.25, 0.3) is 0 Å². The molecule has 0 saturated carbocycles. The fraction of sp³-hybridized carbons (Fsp3) is 0.440. The Hall–Kier alpha value is -2.71. The lowest BCUT2D eigenvalue weighted by Crippen LogP contribution is -2.49. The molecular formula is C25H35N3O4S. The summed E-state index contributed by atoms with van der Waals surface area (Å²) < 4.78 is 26.7. The molecule has 0 bridgehead atoms. The number of amides is 2. The van der Waals surface area contributed by atoms with E-state index in [1.165, 1.54) is 11.4 Å². The van der Waals surface area contributed by atoms with Crippen molar-refractivity contribution in [3.05, 3.63) is 65.7 Å². The van der Waals surface area contributed by atoms with Crippen molar-refractivity contribution >= 4 is 21.8 Å². The third-order valence-electron chi connectivity index (χ3n) is 5.65. The van der Waals surface area contributed by atoms with E-state index in [1.54, 1.807) is 35.2 Å². The van der Waals surface area contributed by atoms with E-state index in [0.29, 0.717) is 25.9 Å². The van der Waals surface area contributed by atoms with Crippen LogP contribution in [0, 0.1) is 6.92 Å². The lowest BCUT2D eigenvalue weighted by atomic mass is 10.1. The molecule has 7 nitrogen and oxygen atoms in total. The van der Waals surface area contributed by atoms with Gasteiger partial charge in [0.1, 0.15) is 6.04 Å². The third-order valence-corrected chi connectivity index (χ3v) is 7.52. The lowest BCUT2D eigenvalue weighted by molar-refractivity contribution is -0.141. The van der Waals surface area contributed by atoms with Gasteiger partial charge in [-0.3, -0.25) is 9.59 Å². The molecule has 180 valence electrons. The highest BCUT2D eigenvalue weighted by Crippen LogP contribution is 2.18. The summed E-state index contributed by atoms with van der Waals surface area (Å²) in [5, 5.41) is 2.82. The molecule has 1 N–H and O–H groups in total. The zero-order valence-corrected chi connectivity index (χ0v) is 20.8. The Labute approximate surface area is 197 Å². The predicted octanol–water partition coefficient (Wildman–Crippen LogP) is 3.34. The number of hydrogen-bond donors (Lipinski definition) is 1. The lowest BCUT2D eigenvalue weighted by Gasteiger charge is -2.31. The number of aryl methyl sites for hydroxylation is 1. The van der Waals surface area contributed by atoms with Crippen LogP contribution in [0.3, 0.4) is 0 Å². The van der Waals surface area contributed by atoms with Crippen molar-refractivity contribution in [1.82, 2.24) is 14.5 Å². The number of carbonyl (C=O) groups excluding carboxylic acids is 2. The highest BCUT2D eigenvalue weighted by atomic mass is 32.2. The molecule has 0 aromatic heterocycles. The van der Waals surface area contributed by atoms with E-state index in [-0.39, 0.29) is 29.7 Å². The van der Waals surface area contributed by atoms with Crippen molar-refractivity contribution in [2.45, 2.75) is 57.5 Å². The average Bonchev–Trinajstić information content (AvgIpc) is 2.80. The molecule has 0 aliphatic rings. The van der Waals surface area contributed by atoms with Crippen LogP contribution in [-0.2, 0) is 26.2 Å². The van der Waals surface area contributed by atoms with Gasteiger partial charge >= 0.3 is 0 Å². The van der Waals surface area contributed by atoms with Gasteiger partial charge in [0.2, 0.25) is 21.8 Å². The van der Waals surface area contributed by atoms with Gasteiger partial charge in [0.05, 0.1) is 4.90 Å². The second-order valence-electron chi connectivity index (χ2n) is 8.01. The van der Waals surface area contributed by atoms with Gasteiger partial charge in [-0.25, -0.2) is 12.7 Å². The minimum Gasteiger partial charge on any atom is -0.355 e. The monoisotopic (exact) mass is 473 g/mol. The molecule has 0 saturated heterocycles. The summed E-state index contributed by atoms with van der Waals surface area (Å²) in [6.45, 7) is 6.75.